The number of nitrogens with one attached hydrogen (secondary N) is 2. The van der Waals surface area contributed by atoms with Crippen LogP contribution in [0.15, 0.2) is 0 Å². The van der Waals surface area contributed by atoms with E-state index in [1.165, 1.54) is 4.90 Å². The Bertz CT molecular complexity index is 663. The van der Waals surface area contributed by atoms with Crippen LogP contribution in [0.1, 0.15) is 40.5 Å². The monoisotopic (exact) mass is 475 g/mol. The number of hydrogen-bond donors (Lipinski definition) is 3. The van der Waals surface area contributed by atoms with Crippen molar-refractivity contribution in [2.24, 2.45) is 11.8 Å². The Morgan fingerprint density at radius 3 is 2.61 bits per heavy atom. The van der Waals surface area contributed by atoms with Crippen molar-refractivity contribution in [2.45, 2.75) is 73.5 Å². The first-order valence-electron chi connectivity index (χ1n) is 10.0. The van der Waals surface area contributed by atoms with E-state index in [9.17, 15) is 19.5 Å². The van der Waals surface area contributed by atoms with Gasteiger partial charge in [0.1, 0.15) is 6.04 Å². The largest absolute Gasteiger partial charge is 0.394 e. The molecular formula is C19H30BrN3O4S. The highest BCUT2D eigenvalue weighted by Crippen LogP contribution is 2.67. The summed E-state index contributed by atoms with van der Waals surface area (Å²) in [5.41, 5.74) is 0. The standard InChI is InChI=1S/C19H30BrN3O4S/c1-5-6-21-16(25)12-13-18(27)23(10(4)8-24)15(17(26)22-9(2)3)19(13)7-11(20)14(12)28-19/h9-15,24H,5-8H2,1-4H3,(H,21,25)(H,22,26)/t10-,11?,12+,13+,14+,15?,19?/m1/s1. The number of rotatable bonds is 7. The molecule has 1 spiro atoms. The number of fused-ring (bicyclic) bond motifs is 1. The fraction of sp³-hybridized carbons (Fsp3) is 0.842. The van der Waals surface area contributed by atoms with E-state index >= 15 is 0 Å². The van der Waals surface area contributed by atoms with Gasteiger partial charge in [0, 0.05) is 22.7 Å². The van der Waals surface area contributed by atoms with Crippen molar-refractivity contribution in [2.75, 3.05) is 13.2 Å². The van der Waals surface area contributed by atoms with Gasteiger partial charge in [0.05, 0.1) is 29.2 Å². The molecule has 3 N–H and O–H groups in total. The molecule has 0 aliphatic carbocycles. The van der Waals surface area contributed by atoms with Gasteiger partial charge in [-0.1, -0.05) is 22.9 Å². The molecule has 0 radical (unpaired) electrons. The molecule has 3 unspecified atom stereocenters. The lowest BCUT2D eigenvalue weighted by Gasteiger charge is -2.37. The van der Waals surface area contributed by atoms with Gasteiger partial charge in [0.2, 0.25) is 17.7 Å². The SMILES string of the molecule is CCCNC(=O)[C@H]1[C@H]2C(=O)N([C@H](C)CO)C(C(=O)NC(C)C)C23CC(Br)[C@@H]1S3. The highest BCUT2D eigenvalue weighted by Gasteiger charge is 2.75. The lowest BCUT2D eigenvalue weighted by atomic mass is 9.70. The zero-order chi connectivity index (χ0) is 20.8. The fourth-order valence-electron chi connectivity index (χ4n) is 4.96. The zero-order valence-electron chi connectivity index (χ0n) is 16.8. The van der Waals surface area contributed by atoms with E-state index in [4.69, 9.17) is 0 Å². The van der Waals surface area contributed by atoms with Crippen LogP contribution in [0.25, 0.3) is 0 Å². The van der Waals surface area contributed by atoms with Gasteiger partial charge in [-0.05, 0) is 33.6 Å². The van der Waals surface area contributed by atoms with E-state index in [-0.39, 0.29) is 40.4 Å². The van der Waals surface area contributed by atoms with Crippen molar-refractivity contribution in [3.63, 3.8) is 0 Å². The molecule has 158 valence electrons. The minimum Gasteiger partial charge on any atom is -0.394 e. The number of amides is 3. The van der Waals surface area contributed by atoms with Crippen LogP contribution in [-0.2, 0) is 14.4 Å². The van der Waals surface area contributed by atoms with Gasteiger partial charge in [0.25, 0.3) is 0 Å². The summed E-state index contributed by atoms with van der Waals surface area (Å²) in [4.78, 5) is 41.3. The molecule has 3 aliphatic heterocycles. The van der Waals surface area contributed by atoms with Crippen LogP contribution in [0.5, 0.6) is 0 Å². The summed E-state index contributed by atoms with van der Waals surface area (Å²) in [5, 5.41) is 15.6. The lowest BCUT2D eigenvalue weighted by Crippen LogP contribution is -2.57. The van der Waals surface area contributed by atoms with E-state index in [0.29, 0.717) is 13.0 Å². The molecule has 0 aromatic carbocycles. The van der Waals surface area contributed by atoms with Crippen LogP contribution in [0.4, 0.5) is 0 Å². The summed E-state index contributed by atoms with van der Waals surface area (Å²) in [6.45, 7) is 7.86. The topological polar surface area (TPSA) is 98.7 Å². The first kappa shape index (κ1) is 21.9. The second-order valence-corrected chi connectivity index (χ2v) is 11.1. The van der Waals surface area contributed by atoms with E-state index in [1.807, 2.05) is 20.8 Å². The van der Waals surface area contributed by atoms with Crippen LogP contribution >= 0.6 is 27.7 Å². The Balaban J connectivity index is 2.03. The van der Waals surface area contributed by atoms with Crippen molar-refractivity contribution in [3.05, 3.63) is 0 Å². The maximum Gasteiger partial charge on any atom is 0.244 e. The van der Waals surface area contributed by atoms with Crippen LogP contribution in [-0.4, -0.2) is 73.8 Å². The summed E-state index contributed by atoms with van der Waals surface area (Å²) < 4.78 is -0.646. The zero-order valence-corrected chi connectivity index (χ0v) is 19.2. The molecule has 3 heterocycles. The second kappa shape index (κ2) is 8.14. The van der Waals surface area contributed by atoms with Gasteiger partial charge < -0.3 is 20.6 Å². The Morgan fingerprint density at radius 2 is 2.04 bits per heavy atom. The summed E-state index contributed by atoms with van der Waals surface area (Å²) in [6.07, 6.45) is 1.48. The molecule has 0 saturated carbocycles. The maximum atomic E-state index is 13.5. The van der Waals surface area contributed by atoms with Gasteiger partial charge >= 0.3 is 0 Å². The second-order valence-electron chi connectivity index (χ2n) is 8.39. The Hall–Kier alpha value is -0.800. The average molecular weight is 476 g/mol. The van der Waals surface area contributed by atoms with Crippen LogP contribution in [0, 0.1) is 11.8 Å². The molecule has 28 heavy (non-hydrogen) atoms. The molecule has 3 rings (SSSR count). The van der Waals surface area contributed by atoms with Crippen LogP contribution in [0.3, 0.4) is 0 Å². The summed E-state index contributed by atoms with van der Waals surface area (Å²) in [5.74, 6) is -1.49. The molecule has 0 aromatic heterocycles. The molecule has 0 aromatic rings. The minimum atomic E-state index is -0.687. The van der Waals surface area contributed by atoms with E-state index in [1.54, 1.807) is 18.7 Å². The van der Waals surface area contributed by atoms with Crippen molar-refractivity contribution in [1.29, 1.82) is 0 Å². The summed E-state index contributed by atoms with van der Waals surface area (Å²) in [6, 6.07) is -1.23. The molecule has 7 atom stereocenters. The third kappa shape index (κ3) is 3.27. The summed E-state index contributed by atoms with van der Waals surface area (Å²) >= 11 is 5.33. The molecule has 3 aliphatic rings. The lowest BCUT2D eigenvalue weighted by molar-refractivity contribution is -0.142. The third-order valence-electron chi connectivity index (χ3n) is 6.00. The van der Waals surface area contributed by atoms with Gasteiger partial charge in [-0.15, -0.1) is 11.8 Å². The normalized spacial score (nSPS) is 37.3. The average Bonchev–Trinajstić information content (AvgIpc) is 3.21. The fourth-order valence-corrected chi connectivity index (χ4v) is 8.56. The number of alkyl halides is 1. The number of aliphatic hydroxyl groups is 1. The molecule has 3 saturated heterocycles. The van der Waals surface area contributed by atoms with Gasteiger partial charge in [-0.25, -0.2) is 0 Å². The Labute approximate surface area is 178 Å². The quantitative estimate of drug-likeness (QED) is 0.474. The van der Waals surface area contributed by atoms with Crippen LogP contribution < -0.4 is 10.6 Å². The number of nitrogens with zero attached hydrogens (tertiary/aromatic N) is 1. The molecular weight excluding hydrogens is 446 g/mol. The van der Waals surface area contributed by atoms with Crippen molar-refractivity contribution in [3.8, 4) is 0 Å². The molecule has 3 fully saturated rings. The molecule has 9 heteroatoms. The number of carbonyl (C=O) groups excluding carboxylic acids is 3. The molecule has 2 bridgehead atoms. The summed E-state index contributed by atoms with van der Waals surface area (Å²) in [7, 11) is 0. The van der Waals surface area contributed by atoms with E-state index in [0.717, 1.165) is 6.42 Å². The predicted octanol–water partition coefficient (Wildman–Crippen LogP) is 0.883. The third-order valence-corrected chi connectivity index (χ3v) is 9.22. The van der Waals surface area contributed by atoms with E-state index in [2.05, 4.69) is 26.6 Å². The molecule has 7 nitrogen and oxygen atoms in total. The minimum absolute atomic E-state index is 0.0354. The van der Waals surface area contributed by atoms with Gasteiger partial charge in [-0.3, -0.25) is 14.4 Å². The Kier molecular flexibility index (Phi) is 6.37. The first-order valence-corrected chi connectivity index (χ1v) is 11.8. The predicted molar refractivity (Wildman–Crippen MR) is 112 cm³/mol. The number of thioether (sulfide) groups is 1. The number of hydrogen-bond acceptors (Lipinski definition) is 5. The number of likely N-dealkylation sites (tertiary alicyclic amines) is 1. The number of carbonyl (C=O) groups is 3. The van der Waals surface area contributed by atoms with E-state index < -0.39 is 28.7 Å². The van der Waals surface area contributed by atoms with Crippen LogP contribution in [0.2, 0.25) is 0 Å². The molecule has 3 amide bonds. The van der Waals surface area contributed by atoms with Gasteiger partial charge in [0.15, 0.2) is 0 Å². The highest BCUT2D eigenvalue weighted by molar-refractivity contribution is 9.09. The number of halogens is 1. The Morgan fingerprint density at radius 1 is 1.36 bits per heavy atom. The smallest absolute Gasteiger partial charge is 0.244 e. The highest BCUT2D eigenvalue weighted by atomic mass is 79.9. The maximum absolute atomic E-state index is 13.5. The number of aliphatic hydroxyl groups excluding tert-OH is 1. The van der Waals surface area contributed by atoms with Crippen molar-refractivity contribution < 1.29 is 19.5 Å². The van der Waals surface area contributed by atoms with Gasteiger partial charge in [-0.2, -0.15) is 0 Å². The van der Waals surface area contributed by atoms with Crippen molar-refractivity contribution in [1.82, 2.24) is 15.5 Å². The first-order chi connectivity index (χ1) is 13.2. The van der Waals surface area contributed by atoms with Crippen molar-refractivity contribution >= 4 is 45.4 Å².